The van der Waals surface area contributed by atoms with Crippen LogP contribution in [0.4, 0.5) is 0 Å². The Morgan fingerprint density at radius 3 is 2.46 bits per heavy atom. The topological polar surface area (TPSA) is 76.3 Å². The largest absolute Gasteiger partial charge is 0.411 e. The van der Waals surface area contributed by atoms with Crippen molar-refractivity contribution >= 4 is 21.8 Å². The lowest BCUT2D eigenvalue weighted by atomic mass is 10.2. The predicted molar refractivity (Wildman–Crippen MR) is 111 cm³/mol. The fraction of sp³-hybridized carbons (Fsp3) is 0.300. The second-order valence-electron chi connectivity index (χ2n) is 6.07. The van der Waals surface area contributed by atoms with Crippen LogP contribution in [0.3, 0.4) is 0 Å². The zero-order valence-corrected chi connectivity index (χ0v) is 17.5. The Labute approximate surface area is 170 Å². The maximum atomic E-state index is 12.7. The zero-order valence-electron chi connectivity index (χ0n) is 15.9. The predicted octanol–water partition coefficient (Wildman–Crippen LogP) is 4.10. The van der Waals surface area contributed by atoms with Crippen LogP contribution in [0.15, 0.2) is 69.1 Å². The molecule has 148 valence electrons. The van der Waals surface area contributed by atoms with E-state index in [1.54, 1.807) is 24.3 Å². The molecule has 8 heteroatoms. The number of hydrogen-bond acceptors (Lipinski definition) is 6. The van der Waals surface area contributed by atoms with Crippen LogP contribution in [0.25, 0.3) is 11.5 Å². The van der Waals surface area contributed by atoms with Crippen LogP contribution in [-0.4, -0.2) is 41.8 Å². The summed E-state index contributed by atoms with van der Waals surface area (Å²) >= 11 is 1.49. The minimum absolute atomic E-state index is 0.227. The van der Waals surface area contributed by atoms with Gasteiger partial charge in [-0.25, -0.2) is 8.42 Å². The highest BCUT2D eigenvalue weighted by Gasteiger charge is 2.22. The highest BCUT2D eigenvalue weighted by atomic mass is 32.2. The van der Waals surface area contributed by atoms with Gasteiger partial charge in [0.05, 0.1) is 4.90 Å². The van der Waals surface area contributed by atoms with Crippen molar-refractivity contribution in [2.45, 2.75) is 30.4 Å². The van der Waals surface area contributed by atoms with Crippen molar-refractivity contribution in [2.75, 3.05) is 18.8 Å². The van der Waals surface area contributed by atoms with Gasteiger partial charge in [-0.15, -0.1) is 10.2 Å². The van der Waals surface area contributed by atoms with Crippen molar-refractivity contribution in [1.82, 2.24) is 14.5 Å². The van der Waals surface area contributed by atoms with Crippen molar-refractivity contribution in [3.63, 3.8) is 0 Å². The quantitative estimate of drug-likeness (QED) is 0.488. The third-order valence-corrected chi connectivity index (χ3v) is 7.16. The zero-order chi connectivity index (χ0) is 20.0. The summed E-state index contributed by atoms with van der Waals surface area (Å²) in [4.78, 5) is 0.227. The molecule has 0 aliphatic carbocycles. The van der Waals surface area contributed by atoms with Crippen LogP contribution in [0.1, 0.15) is 19.4 Å². The average molecular weight is 418 g/mol. The molecule has 3 rings (SSSR count). The van der Waals surface area contributed by atoms with E-state index in [2.05, 4.69) is 22.3 Å². The molecule has 28 heavy (non-hydrogen) atoms. The molecule has 2 aromatic carbocycles. The number of hydrogen-bond donors (Lipinski definition) is 0. The molecule has 6 nitrogen and oxygen atoms in total. The van der Waals surface area contributed by atoms with Gasteiger partial charge in [0.15, 0.2) is 0 Å². The van der Waals surface area contributed by atoms with Crippen LogP contribution < -0.4 is 0 Å². The molecule has 0 amide bonds. The molecule has 0 saturated heterocycles. The molecule has 0 saturated carbocycles. The number of sulfonamides is 1. The maximum Gasteiger partial charge on any atom is 0.276 e. The third kappa shape index (κ3) is 4.81. The standard InChI is InChI=1S/C20H23N3O3S2/c1-3-23(4-2)28(24,25)18-12-8-11-17(15-18)19-21-22-20(26-19)27-14-13-16-9-6-5-7-10-16/h5-12,15H,3-4,13-14H2,1-2H3. The second kappa shape index (κ2) is 9.36. The van der Waals surface area contributed by atoms with E-state index in [0.29, 0.717) is 29.8 Å². The molecule has 1 aromatic heterocycles. The minimum atomic E-state index is -3.53. The number of rotatable bonds is 9. The highest BCUT2D eigenvalue weighted by molar-refractivity contribution is 7.99. The smallest absolute Gasteiger partial charge is 0.276 e. The van der Waals surface area contributed by atoms with Gasteiger partial charge in [-0.05, 0) is 30.2 Å². The van der Waals surface area contributed by atoms with Gasteiger partial charge in [-0.3, -0.25) is 0 Å². The summed E-state index contributed by atoms with van der Waals surface area (Å²) in [7, 11) is -3.53. The van der Waals surface area contributed by atoms with E-state index in [4.69, 9.17) is 4.42 Å². The van der Waals surface area contributed by atoms with E-state index in [9.17, 15) is 8.42 Å². The molecule has 0 radical (unpaired) electrons. The SMILES string of the molecule is CCN(CC)S(=O)(=O)c1cccc(-c2nnc(SCCc3ccccc3)o2)c1. The van der Waals surface area contributed by atoms with Gasteiger partial charge in [0.2, 0.25) is 15.9 Å². The fourth-order valence-corrected chi connectivity index (χ4v) is 5.04. The summed E-state index contributed by atoms with van der Waals surface area (Å²) in [5, 5.41) is 8.62. The maximum absolute atomic E-state index is 12.7. The Bertz CT molecular complexity index is 1000. The van der Waals surface area contributed by atoms with E-state index in [-0.39, 0.29) is 4.90 Å². The van der Waals surface area contributed by atoms with Crippen LogP contribution in [0.5, 0.6) is 0 Å². The first kappa shape index (κ1) is 20.6. The molecular weight excluding hydrogens is 394 g/mol. The number of nitrogens with zero attached hydrogens (tertiary/aromatic N) is 3. The number of aryl methyl sites for hydroxylation is 1. The van der Waals surface area contributed by atoms with E-state index >= 15 is 0 Å². The van der Waals surface area contributed by atoms with Gasteiger partial charge in [0.25, 0.3) is 5.22 Å². The molecular formula is C20H23N3O3S2. The number of aromatic nitrogens is 2. The lowest BCUT2D eigenvalue weighted by Gasteiger charge is -2.18. The molecule has 1 heterocycles. The number of thioether (sulfide) groups is 1. The lowest BCUT2D eigenvalue weighted by molar-refractivity contribution is 0.445. The average Bonchev–Trinajstić information content (AvgIpc) is 3.19. The summed E-state index contributed by atoms with van der Waals surface area (Å²) in [5.74, 6) is 1.14. The molecule has 0 aliphatic rings. The van der Waals surface area contributed by atoms with Crippen LogP contribution in [-0.2, 0) is 16.4 Å². The van der Waals surface area contributed by atoms with Crippen LogP contribution >= 0.6 is 11.8 Å². The lowest BCUT2D eigenvalue weighted by Crippen LogP contribution is -2.30. The van der Waals surface area contributed by atoms with Gasteiger partial charge >= 0.3 is 0 Å². The first-order chi connectivity index (χ1) is 13.5. The molecule has 0 aliphatic heterocycles. The monoisotopic (exact) mass is 417 g/mol. The Morgan fingerprint density at radius 2 is 1.75 bits per heavy atom. The highest BCUT2D eigenvalue weighted by Crippen LogP contribution is 2.26. The number of benzene rings is 2. The molecule has 0 N–H and O–H groups in total. The molecule has 3 aromatic rings. The third-order valence-electron chi connectivity index (χ3n) is 4.29. The van der Waals surface area contributed by atoms with Crippen LogP contribution in [0, 0.1) is 0 Å². The Kier molecular flexibility index (Phi) is 6.88. The molecule has 0 unspecified atom stereocenters. The van der Waals surface area contributed by atoms with Crippen molar-refractivity contribution in [1.29, 1.82) is 0 Å². The van der Waals surface area contributed by atoms with Gasteiger partial charge in [0.1, 0.15) is 0 Å². The Morgan fingerprint density at radius 1 is 1.00 bits per heavy atom. The second-order valence-corrected chi connectivity index (χ2v) is 9.06. The van der Waals surface area contributed by atoms with Crippen molar-refractivity contribution in [3.05, 3.63) is 60.2 Å². The van der Waals surface area contributed by atoms with E-state index in [0.717, 1.165) is 12.2 Å². The first-order valence-corrected chi connectivity index (χ1v) is 11.6. The van der Waals surface area contributed by atoms with E-state index in [1.165, 1.54) is 21.6 Å². The van der Waals surface area contributed by atoms with Crippen molar-refractivity contribution in [2.24, 2.45) is 0 Å². The minimum Gasteiger partial charge on any atom is -0.411 e. The molecule has 0 bridgehead atoms. The first-order valence-electron chi connectivity index (χ1n) is 9.15. The summed E-state index contributed by atoms with van der Waals surface area (Å²) < 4.78 is 32.6. The molecule has 0 spiro atoms. The van der Waals surface area contributed by atoms with Gasteiger partial charge in [0, 0.05) is 24.4 Å². The summed E-state index contributed by atoms with van der Waals surface area (Å²) in [6.45, 7) is 4.49. The Balaban J connectivity index is 1.71. The Hall–Kier alpha value is -2.16. The van der Waals surface area contributed by atoms with Gasteiger partial charge < -0.3 is 4.42 Å². The summed E-state index contributed by atoms with van der Waals surface area (Å²) in [6.07, 6.45) is 0.904. The van der Waals surface area contributed by atoms with E-state index in [1.807, 2.05) is 32.0 Å². The fourth-order valence-electron chi connectivity index (χ4n) is 2.79. The summed E-state index contributed by atoms with van der Waals surface area (Å²) in [5.41, 5.74) is 1.85. The normalized spacial score (nSPS) is 11.8. The van der Waals surface area contributed by atoms with Crippen molar-refractivity contribution in [3.8, 4) is 11.5 Å². The van der Waals surface area contributed by atoms with Gasteiger partial charge in [-0.2, -0.15) is 4.31 Å². The van der Waals surface area contributed by atoms with Crippen LogP contribution in [0.2, 0.25) is 0 Å². The van der Waals surface area contributed by atoms with E-state index < -0.39 is 10.0 Å². The van der Waals surface area contributed by atoms with Gasteiger partial charge in [-0.1, -0.05) is 62.0 Å². The summed E-state index contributed by atoms with van der Waals surface area (Å²) in [6, 6.07) is 16.8. The van der Waals surface area contributed by atoms with Crippen molar-refractivity contribution < 1.29 is 12.8 Å². The molecule has 0 atom stereocenters. The molecule has 0 fully saturated rings.